The molecule has 0 heterocycles. The summed E-state index contributed by atoms with van der Waals surface area (Å²) in [5.74, 6) is -2.59. The molecule has 0 aliphatic rings. The molecule has 0 saturated heterocycles. The Kier molecular flexibility index (Phi) is 6.45. The molecule has 2 atom stereocenters. The lowest BCUT2D eigenvalue weighted by molar-refractivity contribution is -0.149. The van der Waals surface area contributed by atoms with Crippen molar-refractivity contribution < 1.29 is 23.4 Å². The predicted octanol–water partition coefficient (Wildman–Crippen LogP) is 1.61. The summed E-state index contributed by atoms with van der Waals surface area (Å²) in [6.07, 6.45) is 0. The maximum absolute atomic E-state index is 11.6. The van der Waals surface area contributed by atoms with E-state index >= 15 is 0 Å². The lowest BCUT2D eigenvalue weighted by Gasteiger charge is -2.16. The Morgan fingerprint density at radius 1 is 1.33 bits per heavy atom. The number of carbonyl (C=O) groups excluding carboxylic acids is 2. The van der Waals surface area contributed by atoms with Crippen LogP contribution in [0.4, 0.5) is 0 Å². The third kappa shape index (κ3) is 5.09. The summed E-state index contributed by atoms with van der Waals surface area (Å²) in [4.78, 5) is 22.3. The molecule has 0 aliphatic carbocycles. The molecule has 88 valence electrons. The molecule has 0 aliphatic heterocycles. The van der Waals surface area contributed by atoms with Crippen molar-refractivity contribution >= 4 is 19.8 Å². The molecule has 0 bridgehead atoms. The highest BCUT2D eigenvalue weighted by Crippen LogP contribution is 2.32. The second-order valence-corrected chi connectivity index (χ2v) is 4.75. The van der Waals surface area contributed by atoms with E-state index in [2.05, 4.69) is 0 Å². The van der Waals surface area contributed by atoms with Gasteiger partial charge in [-0.15, -0.1) is 0 Å². The minimum Gasteiger partial charge on any atom is -0.444 e. The topological polar surface area (TPSA) is 69.7 Å². The molecule has 0 radical (unpaired) electrons. The third-order valence-electron chi connectivity index (χ3n) is 1.61. The highest BCUT2D eigenvalue weighted by Gasteiger charge is 2.30. The van der Waals surface area contributed by atoms with Crippen LogP contribution in [0.3, 0.4) is 0 Å². The van der Waals surface area contributed by atoms with Gasteiger partial charge in [-0.3, -0.25) is 14.2 Å². The van der Waals surface area contributed by atoms with E-state index in [4.69, 9.17) is 9.26 Å². The average molecular weight is 236 g/mol. The fourth-order valence-corrected chi connectivity index (χ4v) is 2.17. The first-order valence-electron chi connectivity index (χ1n) is 4.77. The van der Waals surface area contributed by atoms with E-state index in [-0.39, 0.29) is 18.3 Å². The van der Waals surface area contributed by atoms with E-state index in [0.29, 0.717) is 0 Å². The number of ketones is 1. The second kappa shape index (κ2) is 6.75. The van der Waals surface area contributed by atoms with E-state index in [1.54, 1.807) is 20.8 Å². The molecule has 15 heavy (non-hydrogen) atoms. The Balaban J connectivity index is 4.64. The molecule has 0 saturated carbocycles. The Morgan fingerprint density at radius 2 is 1.87 bits per heavy atom. The van der Waals surface area contributed by atoms with Crippen LogP contribution in [-0.2, 0) is 23.4 Å². The van der Waals surface area contributed by atoms with Crippen LogP contribution in [0.1, 0.15) is 27.7 Å². The minimum atomic E-state index is -2.66. The quantitative estimate of drug-likeness (QED) is 0.517. The largest absolute Gasteiger partial charge is 0.444 e. The normalized spacial score (nSPS) is 14.7. The highest BCUT2D eigenvalue weighted by molar-refractivity contribution is 7.41. The van der Waals surface area contributed by atoms with Crippen LogP contribution in [0, 0.1) is 5.92 Å². The first kappa shape index (κ1) is 14.3. The van der Waals surface area contributed by atoms with Gasteiger partial charge in [0.15, 0.2) is 5.78 Å². The summed E-state index contributed by atoms with van der Waals surface area (Å²) in [5.41, 5.74) is 0. The Morgan fingerprint density at radius 3 is 2.20 bits per heavy atom. The van der Waals surface area contributed by atoms with Gasteiger partial charge < -0.3 is 9.26 Å². The molecule has 0 amide bonds. The standard InChI is InChI=1S/C9H17O5P/c1-5-13-15(12)9(14-7(4)10)8(11)6(2)3/h6,9,15H,5H2,1-4H3. The third-order valence-corrected chi connectivity index (χ3v) is 3.02. The van der Waals surface area contributed by atoms with Gasteiger partial charge in [0.1, 0.15) is 0 Å². The van der Waals surface area contributed by atoms with Crippen molar-refractivity contribution in [2.75, 3.05) is 6.61 Å². The van der Waals surface area contributed by atoms with Gasteiger partial charge in [-0.2, -0.15) is 0 Å². The molecular weight excluding hydrogens is 219 g/mol. The van der Waals surface area contributed by atoms with Gasteiger partial charge in [0.25, 0.3) is 0 Å². The molecule has 0 N–H and O–H groups in total. The number of carbonyl (C=O) groups is 2. The van der Waals surface area contributed by atoms with Crippen LogP contribution in [0.25, 0.3) is 0 Å². The Bertz CT molecular complexity index is 261. The van der Waals surface area contributed by atoms with Crippen molar-refractivity contribution in [1.82, 2.24) is 0 Å². The van der Waals surface area contributed by atoms with Crippen molar-refractivity contribution in [2.45, 2.75) is 33.5 Å². The van der Waals surface area contributed by atoms with E-state index in [0.717, 1.165) is 0 Å². The minimum absolute atomic E-state index is 0.223. The molecule has 0 aromatic rings. The van der Waals surface area contributed by atoms with Crippen LogP contribution in [0.5, 0.6) is 0 Å². The molecule has 0 rings (SSSR count). The number of rotatable bonds is 6. The summed E-state index contributed by atoms with van der Waals surface area (Å²) in [5, 5.41) is 0. The van der Waals surface area contributed by atoms with Crippen molar-refractivity contribution in [3.8, 4) is 0 Å². The van der Waals surface area contributed by atoms with E-state index < -0.39 is 19.8 Å². The maximum Gasteiger partial charge on any atom is 0.303 e. The fourth-order valence-electron chi connectivity index (χ4n) is 0.909. The monoisotopic (exact) mass is 236 g/mol. The molecular formula is C9H17O5P. The fraction of sp³-hybridized carbons (Fsp3) is 0.778. The van der Waals surface area contributed by atoms with E-state index in [1.807, 2.05) is 0 Å². The molecule has 6 heteroatoms. The summed E-state index contributed by atoms with van der Waals surface area (Å²) in [7, 11) is -2.66. The zero-order chi connectivity index (χ0) is 12.0. The molecule has 2 unspecified atom stereocenters. The van der Waals surface area contributed by atoms with Crippen molar-refractivity contribution in [3.05, 3.63) is 0 Å². The smallest absolute Gasteiger partial charge is 0.303 e. The van der Waals surface area contributed by atoms with E-state index in [1.165, 1.54) is 6.92 Å². The van der Waals surface area contributed by atoms with Gasteiger partial charge in [0.2, 0.25) is 13.9 Å². The molecule has 0 aromatic carbocycles. The zero-order valence-electron chi connectivity index (χ0n) is 9.40. The first-order valence-corrected chi connectivity index (χ1v) is 6.17. The second-order valence-electron chi connectivity index (χ2n) is 3.30. The van der Waals surface area contributed by atoms with E-state index in [9.17, 15) is 14.2 Å². The molecule has 5 nitrogen and oxygen atoms in total. The summed E-state index contributed by atoms with van der Waals surface area (Å²) in [6, 6.07) is 0. The number of hydrogen-bond acceptors (Lipinski definition) is 5. The van der Waals surface area contributed by atoms with Crippen LogP contribution in [0.15, 0.2) is 0 Å². The van der Waals surface area contributed by atoms with Crippen LogP contribution < -0.4 is 0 Å². The molecule has 0 spiro atoms. The number of Topliss-reactive ketones (excluding diaryl/α,β-unsaturated/α-hetero) is 1. The maximum atomic E-state index is 11.6. The van der Waals surface area contributed by atoms with Crippen LogP contribution in [0.2, 0.25) is 0 Å². The Labute approximate surface area is 90.0 Å². The first-order chi connectivity index (χ1) is 6.90. The zero-order valence-corrected chi connectivity index (χ0v) is 10.4. The number of hydrogen-bond donors (Lipinski definition) is 0. The SMILES string of the molecule is CCO[PH](=O)C(OC(C)=O)C(=O)C(C)C. The number of esters is 1. The van der Waals surface area contributed by atoms with Gasteiger partial charge in [0.05, 0.1) is 6.61 Å². The van der Waals surface area contributed by atoms with Gasteiger partial charge in [-0.1, -0.05) is 13.8 Å². The summed E-state index contributed by atoms with van der Waals surface area (Å²) in [6.45, 7) is 6.36. The van der Waals surface area contributed by atoms with Crippen molar-refractivity contribution in [2.24, 2.45) is 5.92 Å². The van der Waals surface area contributed by atoms with Crippen LogP contribution in [-0.4, -0.2) is 24.2 Å². The van der Waals surface area contributed by atoms with Gasteiger partial charge in [-0.05, 0) is 6.92 Å². The average Bonchev–Trinajstić information content (AvgIpc) is 2.13. The number of ether oxygens (including phenoxy) is 1. The van der Waals surface area contributed by atoms with Gasteiger partial charge in [0, 0.05) is 12.8 Å². The molecule has 0 fully saturated rings. The predicted molar refractivity (Wildman–Crippen MR) is 56.0 cm³/mol. The van der Waals surface area contributed by atoms with Crippen molar-refractivity contribution in [1.29, 1.82) is 0 Å². The highest BCUT2D eigenvalue weighted by atomic mass is 31.1. The summed E-state index contributed by atoms with van der Waals surface area (Å²) < 4.78 is 21.0. The van der Waals surface area contributed by atoms with Gasteiger partial charge in [-0.25, -0.2) is 0 Å². The summed E-state index contributed by atoms with van der Waals surface area (Å²) >= 11 is 0. The van der Waals surface area contributed by atoms with Crippen LogP contribution >= 0.6 is 8.03 Å². The van der Waals surface area contributed by atoms with Gasteiger partial charge >= 0.3 is 5.97 Å². The van der Waals surface area contributed by atoms with Crippen molar-refractivity contribution in [3.63, 3.8) is 0 Å². The lowest BCUT2D eigenvalue weighted by atomic mass is 10.1. The molecule has 0 aromatic heterocycles. The lowest BCUT2D eigenvalue weighted by Crippen LogP contribution is -2.27. The Hall–Kier alpha value is -0.670.